The normalized spacial score (nSPS) is 26.7. The summed E-state index contributed by atoms with van der Waals surface area (Å²) in [5, 5.41) is 2.98. The van der Waals surface area contributed by atoms with Crippen LogP contribution in [0.25, 0.3) is 0 Å². The topological polar surface area (TPSA) is 44.8 Å². The van der Waals surface area contributed by atoms with Crippen LogP contribution in [0.4, 0.5) is 5.69 Å². The van der Waals surface area contributed by atoms with Crippen LogP contribution in [0.2, 0.25) is 0 Å². The van der Waals surface area contributed by atoms with Crippen LogP contribution in [-0.4, -0.2) is 64.3 Å². The first-order valence-electron chi connectivity index (χ1n) is 7.86. The maximum Gasteiger partial charge on any atom is 0.249 e. The van der Waals surface area contributed by atoms with Crippen LogP contribution in [0.3, 0.4) is 0 Å². The van der Waals surface area contributed by atoms with Gasteiger partial charge in [-0.05, 0) is 32.1 Å². The lowest BCUT2D eigenvalue weighted by atomic mass is 9.80. The highest BCUT2D eigenvalue weighted by molar-refractivity contribution is 5.81. The van der Waals surface area contributed by atoms with E-state index in [4.69, 9.17) is 4.74 Å². The van der Waals surface area contributed by atoms with Gasteiger partial charge in [0.25, 0.3) is 0 Å². The molecule has 1 N–H and O–H groups in total. The van der Waals surface area contributed by atoms with Crippen molar-refractivity contribution in [3.63, 3.8) is 0 Å². The van der Waals surface area contributed by atoms with Crippen molar-refractivity contribution >= 4 is 11.6 Å². The summed E-state index contributed by atoms with van der Waals surface area (Å²) in [4.78, 5) is 16.6. The number of ether oxygens (including phenoxy) is 1. The molecule has 0 bridgehead atoms. The monoisotopic (exact) mass is 303 g/mol. The van der Waals surface area contributed by atoms with Crippen molar-refractivity contribution < 1.29 is 9.53 Å². The zero-order chi connectivity index (χ0) is 15.7. The molecule has 22 heavy (non-hydrogen) atoms. The molecule has 2 aliphatic heterocycles. The maximum absolute atomic E-state index is 12.3. The molecule has 0 radical (unpaired) electrons. The van der Waals surface area contributed by atoms with E-state index in [9.17, 15) is 4.79 Å². The highest BCUT2D eigenvalue weighted by Gasteiger charge is 2.49. The first kappa shape index (κ1) is 15.3. The van der Waals surface area contributed by atoms with Crippen molar-refractivity contribution in [3.8, 4) is 0 Å². The Labute approximate surface area is 132 Å². The summed E-state index contributed by atoms with van der Waals surface area (Å²) in [6.45, 7) is 3.05. The number of fused-ring (bicyclic) bond motifs is 2. The molecule has 1 amide bonds. The molecule has 2 aliphatic rings. The van der Waals surface area contributed by atoms with Gasteiger partial charge in [-0.1, -0.05) is 18.2 Å². The molecule has 5 nitrogen and oxygen atoms in total. The molecular weight excluding hydrogens is 278 g/mol. The molecule has 2 atom stereocenters. The number of nitrogens with zero attached hydrogens (tertiary/aromatic N) is 2. The van der Waals surface area contributed by atoms with Crippen LogP contribution >= 0.6 is 0 Å². The lowest BCUT2D eigenvalue weighted by Gasteiger charge is -2.22. The molecule has 0 saturated carbocycles. The smallest absolute Gasteiger partial charge is 0.249 e. The fourth-order valence-electron chi connectivity index (χ4n) is 3.59. The number of likely N-dealkylation sites (N-methyl/N-ethyl adjacent to an activating group) is 2. The van der Waals surface area contributed by atoms with Crippen LogP contribution in [0.1, 0.15) is 12.0 Å². The van der Waals surface area contributed by atoms with Crippen LogP contribution in [-0.2, 0) is 14.9 Å². The standard InChI is InChI=1S/C17H25N3O2/c1-19(2)9-8-18-16(21)15-10-17(12-22-15)11-20(3)14-7-5-4-6-13(14)17/h4-7,15H,8-12H2,1-3H3,(H,18,21)/t15-,17-/m0/s1. The van der Waals surface area contributed by atoms with Gasteiger partial charge in [0.2, 0.25) is 5.91 Å². The second-order valence-electron chi connectivity index (χ2n) is 6.75. The number of hydrogen-bond acceptors (Lipinski definition) is 4. The summed E-state index contributed by atoms with van der Waals surface area (Å²) in [5.41, 5.74) is 2.55. The average molecular weight is 303 g/mol. The molecule has 2 heterocycles. The maximum atomic E-state index is 12.3. The van der Waals surface area contributed by atoms with E-state index in [-0.39, 0.29) is 17.4 Å². The number of carbonyl (C=O) groups excluding carboxylic acids is 1. The summed E-state index contributed by atoms with van der Waals surface area (Å²) in [5.74, 6) is 0.0192. The molecule has 1 aromatic rings. The summed E-state index contributed by atoms with van der Waals surface area (Å²) < 4.78 is 5.86. The Bertz CT molecular complexity index is 561. The zero-order valence-corrected chi connectivity index (χ0v) is 13.6. The zero-order valence-electron chi connectivity index (χ0n) is 13.6. The third-order valence-electron chi connectivity index (χ3n) is 4.71. The quantitative estimate of drug-likeness (QED) is 0.895. The predicted molar refractivity (Wildman–Crippen MR) is 87.3 cm³/mol. The van der Waals surface area contributed by atoms with E-state index in [2.05, 4.69) is 46.4 Å². The molecule has 0 aliphatic carbocycles. The van der Waals surface area contributed by atoms with E-state index < -0.39 is 0 Å². The molecule has 5 heteroatoms. The minimum absolute atomic E-state index is 0.0192. The first-order valence-corrected chi connectivity index (χ1v) is 7.86. The Hall–Kier alpha value is -1.59. The van der Waals surface area contributed by atoms with Crippen molar-refractivity contribution in [1.82, 2.24) is 10.2 Å². The highest BCUT2D eigenvalue weighted by Crippen LogP contribution is 2.46. The summed E-state index contributed by atoms with van der Waals surface area (Å²) in [7, 11) is 6.11. The van der Waals surface area contributed by atoms with E-state index in [1.807, 2.05) is 14.1 Å². The average Bonchev–Trinajstić information content (AvgIpc) is 3.03. The van der Waals surface area contributed by atoms with Gasteiger partial charge in [0.05, 0.1) is 6.61 Å². The number of amides is 1. The van der Waals surface area contributed by atoms with E-state index in [1.54, 1.807) is 0 Å². The van der Waals surface area contributed by atoms with Crippen LogP contribution in [0.15, 0.2) is 24.3 Å². The lowest BCUT2D eigenvalue weighted by Crippen LogP contribution is -2.39. The first-order chi connectivity index (χ1) is 10.5. The third kappa shape index (κ3) is 2.71. The summed E-state index contributed by atoms with van der Waals surface area (Å²) >= 11 is 0. The van der Waals surface area contributed by atoms with Gasteiger partial charge in [-0.15, -0.1) is 0 Å². The molecule has 0 unspecified atom stereocenters. The molecule has 1 fully saturated rings. The lowest BCUT2D eigenvalue weighted by molar-refractivity contribution is -0.130. The summed E-state index contributed by atoms with van der Waals surface area (Å²) in [6, 6.07) is 8.46. The number of nitrogens with one attached hydrogen (secondary N) is 1. The van der Waals surface area contributed by atoms with Gasteiger partial charge in [0, 0.05) is 37.8 Å². The molecule has 0 aromatic heterocycles. The Kier molecular flexibility index (Phi) is 4.10. The van der Waals surface area contributed by atoms with Gasteiger partial charge in [-0.2, -0.15) is 0 Å². The Morgan fingerprint density at radius 3 is 3.00 bits per heavy atom. The Morgan fingerprint density at radius 2 is 2.23 bits per heavy atom. The highest BCUT2D eigenvalue weighted by atomic mass is 16.5. The number of hydrogen-bond donors (Lipinski definition) is 1. The van der Waals surface area contributed by atoms with Gasteiger partial charge in [-0.3, -0.25) is 4.79 Å². The van der Waals surface area contributed by atoms with Crippen molar-refractivity contribution in [2.45, 2.75) is 17.9 Å². The molecular formula is C17H25N3O2. The Morgan fingerprint density at radius 1 is 1.45 bits per heavy atom. The van der Waals surface area contributed by atoms with Crippen LogP contribution < -0.4 is 10.2 Å². The Balaban J connectivity index is 1.67. The largest absolute Gasteiger partial charge is 0.373 e. The minimum Gasteiger partial charge on any atom is -0.373 e. The van der Waals surface area contributed by atoms with Gasteiger partial charge in [0.15, 0.2) is 0 Å². The number of rotatable bonds is 4. The second kappa shape index (κ2) is 5.89. The number of anilines is 1. The SMILES string of the molecule is CN(C)CCNC(=O)[C@@H]1C[C@@]2(CO1)CN(C)c1ccccc12. The minimum atomic E-state index is -0.332. The molecule has 1 spiro atoms. The predicted octanol–water partition coefficient (Wildman–Crippen LogP) is 0.841. The number of carbonyl (C=O) groups is 1. The third-order valence-corrected chi connectivity index (χ3v) is 4.71. The van der Waals surface area contributed by atoms with Gasteiger partial charge >= 0.3 is 0 Å². The van der Waals surface area contributed by atoms with E-state index in [1.165, 1.54) is 11.3 Å². The number of para-hydroxylation sites is 1. The van der Waals surface area contributed by atoms with Crippen LogP contribution in [0.5, 0.6) is 0 Å². The molecule has 1 aromatic carbocycles. The number of benzene rings is 1. The fourth-order valence-corrected chi connectivity index (χ4v) is 3.59. The van der Waals surface area contributed by atoms with Gasteiger partial charge < -0.3 is 19.9 Å². The van der Waals surface area contributed by atoms with E-state index in [0.717, 1.165) is 19.5 Å². The molecule has 1 saturated heterocycles. The summed E-state index contributed by atoms with van der Waals surface area (Å²) in [6.07, 6.45) is 0.434. The van der Waals surface area contributed by atoms with E-state index in [0.29, 0.717) is 13.2 Å². The van der Waals surface area contributed by atoms with Gasteiger partial charge in [0.1, 0.15) is 6.10 Å². The van der Waals surface area contributed by atoms with Crippen molar-refractivity contribution in [3.05, 3.63) is 29.8 Å². The molecule has 120 valence electrons. The second-order valence-corrected chi connectivity index (χ2v) is 6.75. The van der Waals surface area contributed by atoms with E-state index >= 15 is 0 Å². The fraction of sp³-hybridized carbons (Fsp3) is 0.588. The van der Waals surface area contributed by atoms with Crippen molar-refractivity contribution in [2.75, 3.05) is 52.3 Å². The van der Waals surface area contributed by atoms with Crippen molar-refractivity contribution in [1.29, 1.82) is 0 Å². The van der Waals surface area contributed by atoms with Crippen molar-refractivity contribution in [2.24, 2.45) is 0 Å². The van der Waals surface area contributed by atoms with Gasteiger partial charge in [-0.25, -0.2) is 0 Å². The van der Waals surface area contributed by atoms with Crippen LogP contribution in [0, 0.1) is 0 Å². The molecule has 3 rings (SSSR count).